The monoisotopic (exact) mass is 383 g/mol. The average molecular weight is 384 g/mol. The number of benzene rings is 1. The lowest BCUT2D eigenvalue weighted by molar-refractivity contribution is -0.122. The molecule has 2 heterocycles. The molecule has 3 aromatic rings. The lowest BCUT2D eigenvalue weighted by atomic mass is 10.0. The average Bonchev–Trinajstić information content (AvgIpc) is 3.08. The number of aromatic nitrogens is 2. The third-order valence-corrected chi connectivity index (χ3v) is 5.57. The topological polar surface area (TPSA) is 64.0 Å². The van der Waals surface area contributed by atoms with Crippen molar-refractivity contribution in [1.82, 2.24) is 14.9 Å². The zero-order valence-electron chi connectivity index (χ0n) is 15.9. The van der Waals surface area contributed by atoms with E-state index in [1.165, 1.54) is 22.2 Å². The molecule has 27 heavy (non-hydrogen) atoms. The van der Waals surface area contributed by atoms with Crippen molar-refractivity contribution in [3.63, 3.8) is 0 Å². The van der Waals surface area contributed by atoms with Crippen LogP contribution >= 0.6 is 11.3 Å². The highest BCUT2D eigenvalue weighted by Crippen LogP contribution is 2.30. The standard InChI is InChI=1S/C21H25N3O2S/c1-14(2)9-10-15(3)23-19(25)12-24-13-22-20-17(21(24)26)11-18(27-20)16-7-5-4-6-8-16/h4-8,11,13-15H,9-10,12H2,1-3H3,(H,23,25). The Hall–Kier alpha value is -2.47. The Bertz CT molecular complexity index is 976. The Morgan fingerprint density at radius 2 is 1.93 bits per heavy atom. The van der Waals surface area contributed by atoms with Gasteiger partial charge in [0.05, 0.1) is 11.7 Å². The lowest BCUT2D eigenvalue weighted by Crippen LogP contribution is -2.37. The Morgan fingerprint density at radius 3 is 2.63 bits per heavy atom. The fraction of sp³-hybridized carbons (Fsp3) is 0.381. The molecule has 142 valence electrons. The Balaban J connectivity index is 1.75. The minimum Gasteiger partial charge on any atom is -0.352 e. The van der Waals surface area contributed by atoms with Gasteiger partial charge in [-0.25, -0.2) is 4.98 Å². The van der Waals surface area contributed by atoms with E-state index in [0.717, 1.165) is 23.3 Å². The number of nitrogens with one attached hydrogen (secondary N) is 1. The van der Waals surface area contributed by atoms with Crippen LogP contribution in [0.1, 0.15) is 33.6 Å². The fourth-order valence-electron chi connectivity index (χ4n) is 2.95. The maximum Gasteiger partial charge on any atom is 0.262 e. The van der Waals surface area contributed by atoms with E-state index in [4.69, 9.17) is 0 Å². The number of hydrogen-bond donors (Lipinski definition) is 1. The van der Waals surface area contributed by atoms with Gasteiger partial charge < -0.3 is 5.32 Å². The summed E-state index contributed by atoms with van der Waals surface area (Å²) in [5, 5.41) is 3.52. The summed E-state index contributed by atoms with van der Waals surface area (Å²) in [6.45, 7) is 6.32. The van der Waals surface area contributed by atoms with Gasteiger partial charge in [0, 0.05) is 10.9 Å². The Morgan fingerprint density at radius 1 is 1.19 bits per heavy atom. The van der Waals surface area contributed by atoms with Crippen molar-refractivity contribution in [2.75, 3.05) is 0 Å². The third kappa shape index (κ3) is 4.83. The molecule has 2 aromatic heterocycles. The first-order chi connectivity index (χ1) is 12.9. The van der Waals surface area contributed by atoms with Crippen LogP contribution < -0.4 is 10.9 Å². The summed E-state index contributed by atoms with van der Waals surface area (Å²) in [4.78, 5) is 31.1. The Labute approximate surface area is 163 Å². The summed E-state index contributed by atoms with van der Waals surface area (Å²) < 4.78 is 1.38. The molecule has 1 N–H and O–H groups in total. The number of thiophene rings is 1. The molecule has 0 aliphatic carbocycles. The molecule has 0 radical (unpaired) electrons. The van der Waals surface area contributed by atoms with Crippen LogP contribution in [0, 0.1) is 5.92 Å². The van der Waals surface area contributed by atoms with Crippen LogP contribution in [0.4, 0.5) is 0 Å². The van der Waals surface area contributed by atoms with Gasteiger partial charge in [0.25, 0.3) is 5.56 Å². The molecule has 5 nitrogen and oxygen atoms in total. The number of carbonyl (C=O) groups excluding carboxylic acids is 1. The normalized spacial score (nSPS) is 12.4. The van der Waals surface area contributed by atoms with Gasteiger partial charge >= 0.3 is 0 Å². The molecule has 6 heteroatoms. The van der Waals surface area contributed by atoms with Gasteiger partial charge in [-0.3, -0.25) is 14.2 Å². The van der Waals surface area contributed by atoms with Crippen LogP contribution in [0.5, 0.6) is 0 Å². The van der Waals surface area contributed by atoms with Crippen molar-refractivity contribution in [2.45, 2.75) is 46.2 Å². The van der Waals surface area contributed by atoms with Crippen molar-refractivity contribution in [3.05, 3.63) is 53.1 Å². The Kier molecular flexibility index (Phi) is 6.06. The molecule has 0 saturated carbocycles. The molecular formula is C21H25N3O2S. The smallest absolute Gasteiger partial charge is 0.262 e. The van der Waals surface area contributed by atoms with E-state index in [0.29, 0.717) is 16.1 Å². The van der Waals surface area contributed by atoms with E-state index in [9.17, 15) is 9.59 Å². The summed E-state index contributed by atoms with van der Waals surface area (Å²) in [6, 6.07) is 11.9. The van der Waals surface area contributed by atoms with Gasteiger partial charge in [-0.1, -0.05) is 44.2 Å². The zero-order chi connectivity index (χ0) is 19.4. The first kappa shape index (κ1) is 19.3. The second-order valence-electron chi connectivity index (χ2n) is 7.31. The highest BCUT2D eigenvalue weighted by molar-refractivity contribution is 7.21. The molecule has 0 saturated heterocycles. The van der Waals surface area contributed by atoms with E-state index >= 15 is 0 Å². The highest BCUT2D eigenvalue weighted by Gasteiger charge is 2.13. The van der Waals surface area contributed by atoms with E-state index in [2.05, 4.69) is 24.1 Å². The quantitative estimate of drug-likeness (QED) is 0.669. The van der Waals surface area contributed by atoms with Crippen LogP contribution in [-0.4, -0.2) is 21.5 Å². The summed E-state index contributed by atoms with van der Waals surface area (Å²) >= 11 is 1.49. The largest absolute Gasteiger partial charge is 0.352 e. The summed E-state index contributed by atoms with van der Waals surface area (Å²) in [6.07, 6.45) is 3.46. The molecule has 1 amide bonds. The number of amides is 1. The minimum atomic E-state index is -0.177. The molecule has 1 unspecified atom stereocenters. The summed E-state index contributed by atoms with van der Waals surface area (Å²) in [7, 11) is 0. The van der Waals surface area contributed by atoms with Crippen molar-refractivity contribution in [2.24, 2.45) is 5.92 Å². The van der Waals surface area contributed by atoms with E-state index < -0.39 is 0 Å². The fourth-order valence-corrected chi connectivity index (χ4v) is 3.94. The van der Waals surface area contributed by atoms with Gasteiger partial charge in [0.1, 0.15) is 11.4 Å². The zero-order valence-corrected chi connectivity index (χ0v) is 16.8. The highest BCUT2D eigenvalue weighted by atomic mass is 32.1. The molecule has 0 bridgehead atoms. The van der Waals surface area contributed by atoms with Crippen molar-refractivity contribution in [1.29, 1.82) is 0 Å². The molecule has 1 atom stereocenters. The van der Waals surface area contributed by atoms with Crippen LogP contribution in [0.2, 0.25) is 0 Å². The first-order valence-electron chi connectivity index (χ1n) is 9.28. The number of rotatable bonds is 7. The number of nitrogens with zero attached hydrogens (tertiary/aromatic N) is 2. The van der Waals surface area contributed by atoms with E-state index in [1.807, 2.05) is 43.3 Å². The van der Waals surface area contributed by atoms with Crippen LogP contribution in [-0.2, 0) is 11.3 Å². The van der Waals surface area contributed by atoms with Crippen LogP contribution in [0.25, 0.3) is 20.7 Å². The molecule has 0 aliphatic heterocycles. The van der Waals surface area contributed by atoms with Crippen LogP contribution in [0.3, 0.4) is 0 Å². The van der Waals surface area contributed by atoms with Gasteiger partial charge in [-0.05, 0) is 37.3 Å². The van der Waals surface area contributed by atoms with E-state index in [1.54, 1.807) is 0 Å². The number of hydrogen-bond acceptors (Lipinski definition) is 4. The van der Waals surface area contributed by atoms with Gasteiger partial charge in [0.2, 0.25) is 5.91 Å². The maximum absolute atomic E-state index is 12.8. The van der Waals surface area contributed by atoms with Gasteiger partial charge in [-0.2, -0.15) is 0 Å². The van der Waals surface area contributed by atoms with Crippen molar-refractivity contribution in [3.8, 4) is 10.4 Å². The van der Waals surface area contributed by atoms with Crippen molar-refractivity contribution >= 4 is 27.5 Å². The molecule has 3 rings (SSSR count). The lowest BCUT2D eigenvalue weighted by Gasteiger charge is -2.15. The first-order valence-corrected chi connectivity index (χ1v) is 10.1. The van der Waals surface area contributed by atoms with Gasteiger partial charge in [-0.15, -0.1) is 11.3 Å². The molecule has 0 aliphatic rings. The summed E-state index contributed by atoms with van der Waals surface area (Å²) in [5.74, 6) is 0.448. The second-order valence-corrected chi connectivity index (χ2v) is 8.34. The van der Waals surface area contributed by atoms with Gasteiger partial charge in [0.15, 0.2) is 0 Å². The number of carbonyl (C=O) groups is 1. The number of fused-ring (bicyclic) bond motifs is 1. The molecular weight excluding hydrogens is 358 g/mol. The predicted molar refractivity (Wildman–Crippen MR) is 111 cm³/mol. The molecule has 1 aromatic carbocycles. The molecule has 0 fully saturated rings. The van der Waals surface area contributed by atoms with Crippen molar-refractivity contribution < 1.29 is 4.79 Å². The second kappa shape index (κ2) is 8.48. The van der Waals surface area contributed by atoms with Crippen LogP contribution in [0.15, 0.2) is 47.5 Å². The van der Waals surface area contributed by atoms with E-state index in [-0.39, 0.29) is 24.1 Å². The minimum absolute atomic E-state index is 0.00961. The maximum atomic E-state index is 12.8. The third-order valence-electron chi connectivity index (χ3n) is 4.47. The SMILES string of the molecule is CC(C)CCC(C)NC(=O)Cn1cnc2sc(-c3ccccc3)cc2c1=O. The molecule has 0 spiro atoms. The predicted octanol–water partition coefficient (Wildman–Crippen LogP) is 4.07. The summed E-state index contributed by atoms with van der Waals surface area (Å²) in [5.41, 5.74) is 0.881.